The summed E-state index contributed by atoms with van der Waals surface area (Å²) in [5.41, 5.74) is -1.44. The molecule has 0 unspecified atom stereocenters. The van der Waals surface area contributed by atoms with E-state index >= 15 is 0 Å². The van der Waals surface area contributed by atoms with Gasteiger partial charge in [-0.3, -0.25) is 4.79 Å². The summed E-state index contributed by atoms with van der Waals surface area (Å²) in [6.45, 7) is 1.71. The Morgan fingerprint density at radius 3 is 2.06 bits per heavy atom. The molecular weight excluding hydrogens is 432 g/mol. The van der Waals surface area contributed by atoms with Crippen LogP contribution < -0.4 is 5.32 Å². The predicted molar refractivity (Wildman–Crippen MR) is 109 cm³/mol. The molecule has 32 heavy (non-hydrogen) atoms. The SMILES string of the molecule is CC=C1CCC(C[C@@H]2CC[C@H](C(=O)NCc3cc(C(F)(F)F)cc(C(F)(F)F)c3)C2)CC1. The van der Waals surface area contributed by atoms with Gasteiger partial charge in [-0.05, 0) is 93.9 Å². The third-order valence-electron chi connectivity index (χ3n) is 6.85. The first-order valence-corrected chi connectivity index (χ1v) is 11.2. The summed E-state index contributed by atoms with van der Waals surface area (Å²) < 4.78 is 78.0. The Balaban J connectivity index is 1.54. The minimum absolute atomic E-state index is 0.0946. The van der Waals surface area contributed by atoms with Crippen LogP contribution in [0.3, 0.4) is 0 Å². The highest BCUT2D eigenvalue weighted by molar-refractivity contribution is 5.78. The lowest BCUT2D eigenvalue weighted by Gasteiger charge is -2.26. The highest BCUT2D eigenvalue weighted by atomic mass is 19.4. The predicted octanol–water partition coefficient (Wildman–Crippen LogP) is 7.28. The lowest BCUT2D eigenvalue weighted by Crippen LogP contribution is -2.29. The Bertz CT molecular complexity index is 800. The van der Waals surface area contributed by atoms with E-state index in [0.717, 1.165) is 32.1 Å². The van der Waals surface area contributed by atoms with Crippen molar-refractivity contribution in [1.82, 2.24) is 5.32 Å². The van der Waals surface area contributed by atoms with Crippen LogP contribution in [0.15, 0.2) is 29.8 Å². The fourth-order valence-electron chi connectivity index (χ4n) is 5.03. The van der Waals surface area contributed by atoms with Gasteiger partial charge in [-0.1, -0.05) is 11.6 Å². The molecular formula is C24H29F6NO. The smallest absolute Gasteiger partial charge is 0.352 e. The van der Waals surface area contributed by atoms with E-state index in [9.17, 15) is 31.1 Å². The molecule has 2 aliphatic rings. The molecule has 3 rings (SSSR count). The van der Waals surface area contributed by atoms with Crippen LogP contribution >= 0.6 is 0 Å². The van der Waals surface area contributed by atoms with Crippen LogP contribution in [0.2, 0.25) is 0 Å². The number of amides is 1. The largest absolute Gasteiger partial charge is 0.416 e. The van der Waals surface area contributed by atoms with Crippen LogP contribution in [0.4, 0.5) is 26.3 Å². The monoisotopic (exact) mass is 461 g/mol. The van der Waals surface area contributed by atoms with Crippen molar-refractivity contribution in [3.05, 3.63) is 46.5 Å². The molecule has 178 valence electrons. The Labute approximate surface area is 184 Å². The molecule has 2 atom stereocenters. The van der Waals surface area contributed by atoms with Crippen LogP contribution in [0.1, 0.15) is 75.0 Å². The van der Waals surface area contributed by atoms with Gasteiger partial charge in [0, 0.05) is 12.5 Å². The van der Waals surface area contributed by atoms with Gasteiger partial charge in [0.25, 0.3) is 0 Å². The Kier molecular flexibility index (Phi) is 7.61. The minimum atomic E-state index is -4.90. The van der Waals surface area contributed by atoms with Crippen LogP contribution in [-0.4, -0.2) is 5.91 Å². The summed E-state index contributed by atoms with van der Waals surface area (Å²) >= 11 is 0. The van der Waals surface area contributed by atoms with E-state index in [1.807, 2.05) is 0 Å². The Hall–Kier alpha value is -1.99. The molecule has 0 aliphatic heterocycles. The number of carbonyl (C=O) groups excluding carboxylic acids is 1. The number of alkyl halides is 6. The van der Waals surface area contributed by atoms with Gasteiger partial charge in [0.1, 0.15) is 0 Å². The zero-order valence-corrected chi connectivity index (χ0v) is 18.1. The first-order chi connectivity index (χ1) is 15.0. The van der Waals surface area contributed by atoms with Crippen molar-refractivity contribution in [1.29, 1.82) is 0 Å². The van der Waals surface area contributed by atoms with E-state index in [2.05, 4.69) is 18.3 Å². The average Bonchev–Trinajstić information content (AvgIpc) is 3.19. The molecule has 0 bridgehead atoms. The second-order valence-corrected chi connectivity index (χ2v) is 9.13. The molecule has 2 saturated carbocycles. The number of rotatable bonds is 5. The van der Waals surface area contributed by atoms with Crippen molar-refractivity contribution in [2.45, 2.75) is 77.2 Å². The molecule has 2 aliphatic carbocycles. The summed E-state index contributed by atoms with van der Waals surface area (Å²) in [5, 5.41) is 2.55. The van der Waals surface area contributed by atoms with E-state index in [1.54, 1.807) is 0 Å². The number of hydrogen-bond acceptors (Lipinski definition) is 1. The van der Waals surface area contributed by atoms with E-state index in [0.29, 0.717) is 30.4 Å². The summed E-state index contributed by atoms with van der Waals surface area (Å²) in [5.74, 6) is 0.589. The molecule has 0 spiro atoms. The van der Waals surface area contributed by atoms with Gasteiger partial charge in [-0.15, -0.1) is 0 Å². The fourth-order valence-corrected chi connectivity index (χ4v) is 5.03. The van der Waals surface area contributed by atoms with Gasteiger partial charge >= 0.3 is 12.4 Å². The standard InChI is InChI=1S/C24H29F6NO/c1-2-15-3-5-16(6-4-15)9-17-7-8-19(10-17)22(32)31-14-18-11-20(23(25,26)27)13-21(12-18)24(28,29)30/h2,11-13,16-17,19H,3-10,14H2,1H3,(H,31,32)/t16?,17-,19-/m0/s1. The molecule has 8 heteroatoms. The molecule has 2 fully saturated rings. The maximum atomic E-state index is 13.0. The fraction of sp³-hybridized carbons (Fsp3) is 0.625. The number of hydrogen-bond donors (Lipinski definition) is 1. The van der Waals surface area contributed by atoms with Crippen LogP contribution in [0.25, 0.3) is 0 Å². The summed E-state index contributed by atoms with van der Waals surface area (Å²) in [6.07, 6.45) is 0.466. The summed E-state index contributed by atoms with van der Waals surface area (Å²) in [7, 11) is 0. The van der Waals surface area contributed by atoms with Gasteiger partial charge in [0.2, 0.25) is 5.91 Å². The molecule has 1 aromatic carbocycles. The molecule has 0 aromatic heterocycles. The molecule has 0 radical (unpaired) electrons. The second-order valence-electron chi connectivity index (χ2n) is 9.13. The van der Waals surface area contributed by atoms with Crippen molar-refractivity contribution in [2.24, 2.45) is 17.8 Å². The Morgan fingerprint density at radius 1 is 0.938 bits per heavy atom. The molecule has 0 saturated heterocycles. The van der Waals surface area contributed by atoms with E-state index < -0.39 is 23.5 Å². The maximum Gasteiger partial charge on any atom is 0.416 e. The van der Waals surface area contributed by atoms with Gasteiger partial charge in [-0.2, -0.15) is 26.3 Å². The van der Waals surface area contributed by atoms with Crippen molar-refractivity contribution in [3.8, 4) is 0 Å². The third-order valence-corrected chi connectivity index (χ3v) is 6.85. The number of halogens is 6. The number of nitrogens with one attached hydrogen (secondary N) is 1. The first-order valence-electron chi connectivity index (χ1n) is 11.2. The minimum Gasteiger partial charge on any atom is -0.352 e. The van der Waals surface area contributed by atoms with Crippen molar-refractivity contribution in [3.63, 3.8) is 0 Å². The van der Waals surface area contributed by atoms with Crippen LogP contribution in [0.5, 0.6) is 0 Å². The second kappa shape index (κ2) is 9.87. The Morgan fingerprint density at radius 2 is 1.53 bits per heavy atom. The van der Waals surface area contributed by atoms with Gasteiger partial charge < -0.3 is 5.32 Å². The molecule has 2 nitrogen and oxygen atoms in total. The molecule has 1 amide bonds. The molecule has 1 aromatic rings. The van der Waals surface area contributed by atoms with Crippen LogP contribution in [-0.2, 0) is 23.7 Å². The van der Waals surface area contributed by atoms with Gasteiger partial charge in [-0.25, -0.2) is 0 Å². The van der Waals surface area contributed by atoms with Crippen molar-refractivity contribution < 1.29 is 31.1 Å². The molecule has 0 heterocycles. The summed E-state index contributed by atoms with van der Waals surface area (Å²) in [4.78, 5) is 12.5. The number of allylic oxidation sites excluding steroid dienone is 2. The number of benzene rings is 1. The lowest BCUT2D eigenvalue weighted by atomic mass is 9.80. The number of carbonyl (C=O) groups is 1. The third kappa shape index (κ3) is 6.51. The molecule has 1 N–H and O–H groups in total. The van der Waals surface area contributed by atoms with Crippen LogP contribution in [0, 0.1) is 17.8 Å². The average molecular weight is 461 g/mol. The zero-order chi connectivity index (χ0) is 23.5. The highest BCUT2D eigenvalue weighted by Crippen LogP contribution is 2.40. The quantitative estimate of drug-likeness (QED) is 0.362. The van der Waals surface area contributed by atoms with Gasteiger partial charge in [0.05, 0.1) is 11.1 Å². The van der Waals surface area contributed by atoms with E-state index in [-0.39, 0.29) is 30.0 Å². The normalized spacial score (nSPS) is 24.5. The van der Waals surface area contributed by atoms with Gasteiger partial charge in [0.15, 0.2) is 0 Å². The lowest BCUT2D eigenvalue weighted by molar-refractivity contribution is -0.143. The summed E-state index contributed by atoms with van der Waals surface area (Å²) in [6, 6.07) is 1.42. The first kappa shape index (κ1) is 24.6. The van der Waals surface area contributed by atoms with E-state index in [1.165, 1.54) is 18.4 Å². The van der Waals surface area contributed by atoms with Crippen molar-refractivity contribution in [2.75, 3.05) is 0 Å². The highest BCUT2D eigenvalue weighted by Gasteiger charge is 2.37. The van der Waals surface area contributed by atoms with E-state index in [4.69, 9.17) is 0 Å². The maximum absolute atomic E-state index is 13.0. The topological polar surface area (TPSA) is 29.1 Å². The van der Waals surface area contributed by atoms with Crippen molar-refractivity contribution >= 4 is 5.91 Å². The zero-order valence-electron chi connectivity index (χ0n) is 18.1.